The van der Waals surface area contributed by atoms with Gasteiger partial charge in [-0.25, -0.2) is 9.97 Å². The highest BCUT2D eigenvalue weighted by molar-refractivity contribution is 9.11. The quantitative estimate of drug-likeness (QED) is 0.548. The van der Waals surface area contributed by atoms with Crippen LogP contribution in [0.2, 0.25) is 5.15 Å². The van der Waals surface area contributed by atoms with Crippen molar-refractivity contribution in [2.75, 3.05) is 0 Å². The van der Waals surface area contributed by atoms with E-state index >= 15 is 0 Å². The molecule has 2 heterocycles. The molecule has 19 heavy (non-hydrogen) atoms. The maximum Gasteiger partial charge on any atom is 0.162 e. The van der Waals surface area contributed by atoms with Crippen LogP contribution in [0.3, 0.4) is 0 Å². The number of rotatable bonds is 1. The first kappa shape index (κ1) is 13.0. The minimum absolute atomic E-state index is 0.514. The summed E-state index contributed by atoms with van der Waals surface area (Å²) >= 11 is 11.4. The average molecular weight is 354 g/mol. The van der Waals surface area contributed by atoms with Gasteiger partial charge in [0.15, 0.2) is 5.82 Å². The van der Waals surface area contributed by atoms with Crippen molar-refractivity contribution in [1.82, 2.24) is 9.97 Å². The molecule has 0 N–H and O–H groups in total. The first-order valence-corrected chi connectivity index (χ1v) is 7.78. The average Bonchev–Trinajstić information content (AvgIpc) is 2.74. The van der Waals surface area contributed by atoms with Crippen LogP contribution < -0.4 is 0 Å². The van der Waals surface area contributed by atoms with Gasteiger partial charge in [-0.1, -0.05) is 17.7 Å². The van der Waals surface area contributed by atoms with Crippen LogP contribution in [0.1, 0.15) is 11.1 Å². The van der Waals surface area contributed by atoms with E-state index < -0.39 is 0 Å². The molecule has 0 radical (unpaired) electrons. The summed E-state index contributed by atoms with van der Waals surface area (Å²) in [6, 6.07) is 6.14. The number of hydrogen-bond acceptors (Lipinski definition) is 3. The molecule has 1 aromatic carbocycles. The van der Waals surface area contributed by atoms with Gasteiger partial charge in [0.2, 0.25) is 0 Å². The second kappa shape index (κ2) is 4.85. The second-order valence-electron chi connectivity index (χ2n) is 4.45. The van der Waals surface area contributed by atoms with Gasteiger partial charge >= 0.3 is 0 Å². The van der Waals surface area contributed by atoms with E-state index in [1.807, 2.05) is 24.4 Å². The summed E-state index contributed by atoms with van der Waals surface area (Å²) in [7, 11) is 0. The van der Waals surface area contributed by atoms with E-state index in [1.165, 1.54) is 5.56 Å². The SMILES string of the molecule is Cc1cc(C)c2c(Cl)nc(-c3csc(Br)c3)nc2c1. The standard InChI is InChI=1S/C14H10BrClN2S/c1-7-3-8(2)12-10(4-7)17-14(18-13(12)16)9-5-11(15)19-6-9/h3-6H,1-2H3. The van der Waals surface area contributed by atoms with Crippen LogP contribution in [0.15, 0.2) is 27.4 Å². The maximum atomic E-state index is 6.32. The lowest BCUT2D eigenvalue weighted by Gasteiger charge is -2.07. The number of fused-ring (bicyclic) bond motifs is 1. The highest BCUT2D eigenvalue weighted by Gasteiger charge is 2.11. The van der Waals surface area contributed by atoms with Gasteiger partial charge in [0.1, 0.15) is 5.15 Å². The van der Waals surface area contributed by atoms with Crippen molar-refractivity contribution in [3.8, 4) is 11.4 Å². The minimum atomic E-state index is 0.514. The summed E-state index contributed by atoms with van der Waals surface area (Å²) in [4.78, 5) is 9.05. The van der Waals surface area contributed by atoms with Gasteiger partial charge in [0, 0.05) is 16.3 Å². The van der Waals surface area contributed by atoms with Crippen molar-refractivity contribution in [3.63, 3.8) is 0 Å². The number of aromatic nitrogens is 2. The van der Waals surface area contributed by atoms with Crippen LogP contribution in [0, 0.1) is 13.8 Å². The smallest absolute Gasteiger partial charge is 0.162 e. The van der Waals surface area contributed by atoms with Crippen LogP contribution in [0.25, 0.3) is 22.3 Å². The molecule has 0 amide bonds. The Kier molecular flexibility index (Phi) is 3.33. The Morgan fingerprint density at radius 1 is 1.16 bits per heavy atom. The van der Waals surface area contributed by atoms with E-state index in [-0.39, 0.29) is 0 Å². The lowest BCUT2D eigenvalue weighted by Crippen LogP contribution is -1.93. The van der Waals surface area contributed by atoms with Crippen molar-refractivity contribution in [2.24, 2.45) is 0 Å². The molecule has 3 rings (SSSR count). The summed E-state index contributed by atoms with van der Waals surface area (Å²) in [5, 5.41) is 3.47. The summed E-state index contributed by atoms with van der Waals surface area (Å²) in [6.45, 7) is 4.09. The molecule has 0 spiro atoms. The Balaban J connectivity index is 2.30. The third kappa shape index (κ3) is 2.40. The van der Waals surface area contributed by atoms with Gasteiger partial charge in [-0.05, 0) is 53.0 Å². The van der Waals surface area contributed by atoms with Crippen molar-refractivity contribution >= 4 is 49.8 Å². The van der Waals surface area contributed by atoms with E-state index in [2.05, 4.69) is 38.9 Å². The van der Waals surface area contributed by atoms with Gasteiger partial charge in [-0.3, -0.25) is 0 Å². The van der Waals surface area contributed by atoms with Crippen LogP contribution in [0.4, 0.5) is 0 Å². The minimum Gasteiger partial charge on any atom is -0.228 e. The highest BCUT2D eigenvalue weighted by atomic mass is 79.9. The number of thiophene rings is 1. The summed E-state index contributed by atoms with van der Waals surface area (Å²) < 4.78 is 1.06. The number of hydrogen-bond donors (Lipinski definition) is 0. The zero-order valence-electron chi connectivity index (χ0n) is 10.4. The van der Waals surface area contributed by atoms with Gasteiger partial charge in [0.25, 0.3) is 0 Å². The molecule has 0 aliphatic heterocycles. The molecule has 5 heteroatoms. The topological polar surface area (TPSA) is 25.8 Å². The van der Waals surface area contributed by atoms with Gasteiger partial charge in [0.05, 0.1) is 9.30 Å². The molecule has 3 aromatic rings. The molecule has 2 nitrogen and oxygen atoms in total. The fourth-order valence-electron chi connectivity index (χ4n) is 2.15. The fourth-order valence-corrected chi connectivity index (χ4v) is 3.61. The van der Waals surface area contributed by atoms with Crippen molar-refractivity contribution in [3.05, 3.63) is 43.6 Å². The molecular formula is C14H10BrClN2S. The predicted octanol–water partition coefficient (Wildman–Crippen LogP) is 5.39. The van der Waals surface area contributed by atoms with E-state index in [0.717, 1.165) is 25.8 Å². The third-order valence-corrected chi connectivity index (χ3v) is 4.70. The van der Waals surface area contributed by atoms with Crippen molar-refractivity contribution in [2.45, 2.75) is 13.8 Å². The van der Waals surface area contributed by atoms with E-state index in [0.29, 0.717) is 11.0 Å². The lowest BCUT2D eigenvalue weighted by atomic mass is 10.1. The predicted molar refractivity (Wildman–Crippen MR) is 85.0 cm³/mol. The third-order valence-electron chi connectivity index (χ3n) is 2.92. The van der Waals surface area contributed by atoms with Crippen LogP contribution >= 0.6 is 38.9 Å². The van der Waals surface area contributed by atoms with E-state index in [4.69, 9.17) is 11.6 Å². The van der Waals surface area contributed by atoms with Crippen LogP contribution in [-0.4, -0.2) is 9.97 Å². The number of benzene rings is 1. The Labute approximate surface area is 128 Å². The van der Waals surface area contributed by atoms with Crippen LogP contribution in [-0.2, 0) is 0 Å². The Bertz CT molecular complexity index is 782. The van der Waals surface area contributed by atoms with E-state index in [1.54, 1.807) is 11.3 Å². The molecule has 2 aromatic heterocycles. The number of nitrogens with zero attached hydrogens (tertiary/aromatic N) is 2. The fraction of sp³-hybridized carbons (Fsp3) is 0.143. The second-order valence-corrected chi connectivity index (χ2v) is 7.10. The number of halogens is 2. The first-order valence-electron chi connectivity index (χ1n) is 5.73. The molecule has 0 aliphatic carbocycles. The Morgan fingerprint density at radius 2 is 1.95 bits per heavy atom. The molecule has 96 valence electrons. The summed E-state index contributed by atoms with van der Waals surface area (Å²) in [6.07, 6.45) is 0. The van der Waals surface area contributed by atoms with Crippen molar-refractivity contribution < 1.29 is 0 Å². The Hall–Kier alpha value is -0.970. The first-order chi connectivity index (χ1) is 9.04. The molecule has 0 unspecified atom stereocenters. The molecule has 0 aliphatic rings. The van der Waals surface area contributed by atoms with Gasteiger partial charge in [-0.15, -0.1) is 11.3 Å². The van der Waals surface area contributed by atoms with Gasteiger partial charge in [-0.2, -0.15) is 0 Å². The van der Waals surface area contributed by atoms with Gasteiger partial charge < -0.3 is 0 Å². The largest absolute Gasteiger partial charge is 0.228 e. The normalized spacial score (nSPS) is 11.2. The number of aryl methyl sites for hydroxylation is 2. The molecule has 0 saturated carbocycles. The van der Waals surface area contributed by atoms with Crippen LogP contribution in [0.5, 0.6) is 0 Å². The molecule has 0 bridgehead atoms. The molecule has 0 saturated heterocycles. The Morgan fingerprint density at radius 3 is 2.63 bits per heavy atom. The zero-order chi connectivity index (χ0) is 13.6. The molecular weight excluding hydrogens is 344 g/mol. The van der Waals surface area contributed by atoms with Crippen molar-refractivity contribution in [1.29, 1.82) is 0 Å². The zero-order valence-corrected chi connectivity index (χ0v) is 13.5. The maximum absolute atomic E-state index is 6.32. The molecule has 0 fully saturated rings. The van der Waals surface area contributed by atoms with E-state index in [9.17, 15) is 0 Å². The summed E-state index contributed by atoms with van der Waals surface area (Å²) in [5.74, 6) is 0.671. The lowest BCUT2D eigenvalue weighted by molar-refractivity contribution is 1.22. The molecule has 0 atom stereocenters. The summed E-state index contributed by atoms with van der Waals surface area (Å²) in [5.41, 5.74) is 4.17. The monoisotopic (exact) mass is 352 g/mol. The highest BCUT2D eigenvalue weighted by Crippen LogP contribution is 2.31.